The van der Waals surface area contributed by atoms with E-state index in [1.165, 1.54) is 0 Å². The van der Waals surface area contributed by atoms with Crippen molar-refractivity contribution in [2.45, 2.75) is 43.5 Å². The molecule has 3 saturated heterocycles. The van der Waals surface area contributed by atoms with Gasteiger partial charge < -0.3 is 19.1 Å². The van der Waals surface area contributed by atoms with Gasteiger partial charge in [0.2, 0.25) is 0 Å². The highest BCUT2D eigenvalue weighted by Crippen LogP contribution is 2.36. The zero-order chi connectivity index (χ0) is 15.7. The predicted octanol–water partition coefficient (Wildman–Crippen LogP) is 0.794. The second-order valence-electron chi connectivity index (χ2n) is 6.48. The third-order valence-corrected chi connectivity index (χ3v) is 4.82. The molecule has 4 heterocycles. The van der Waals surface area contributed by atoms with Crippen LogP contribution in [-0.4, -0.2) is 64.9 Å². The Morgan fingerprint density at radius 2 is 2.26 bits per heavy atom. The molecule has 3 fully saturated rings. The summed E-state index contributed by atoms with van der Waals surface area (Å²) in [6, 6.07) is 2.13. The van der Waals surface area contributed by atoms with E-state index in [9.17, 15) is 4.79 Å². The van der Waals surface area contributed by atoms with E-state index in [0.717, 1.165) is 32.2 Å². The van der Waals surface area contributed by atoms with Gasteiger partial charge >= 0.3 is 6.01 Å². The summed E-state index contributed by atoms with van der Waals surface area (Å²) in [6.07, 6.45) is 6.42. The van der Waals surface area contributed by atoms with Gasteiger partial charge in [-0.05, 0) is 25.3 Å². The van der Waals surface area contributed by atoms with Crippen molar-refractivity contribution in [1.82, 2.24) is 14.9 Å². The Hall–Kier alpha value is -1.73. The minimum Gasteiger partial charge on any atom is -0.458 e. The molecule has 7 heteroatoms. The Labute approximate surface area is 134 Å². The lowest BCUT2D eigenvalue weighted by Gasteiger charge is -2.24. The number of carbonyl (C=O) groups excluding carboxylic acids is 1. The van der Waals surface area contributed by atoms with Crippen LogP contribution in [0.2, 0.25) is 0 Å². The van der Waals surface area contributed by atoms with Crippen LogP contribution in [0.1, 0.15) is 25.7 Å². The van der Waals surface area contributed by atoms with Gasteiger partial charge in [0, 0.05) is 38.5 Å². The number of aromatic nitrogens is 2. The summed E-state index contributed by atoms with van der Waals surface area (Å²) >= 11 is 0. The standard InChI is InChI=1S/C16H21N3O4/c20-14(13-3-1-8-21-13)19-7-4-16(11-19)9-12(10-22-16)23-15-17-5-2-6-18-15/h2,5-6,12-13H,1,3-4,7-11H2/t12-,13-,16+/m1/s1. The van der Waals surface area contributed by atoms with Crippen molar-refractivity contribution in [2.75, 3.05) is 26.3 Å². The summed E-state index contributed by atoms with van der Waals surface area (Å²) in [5, 5.41) is 0. The highest BCUT2D eigenvalue weighted by atomic mass is 16.6. The fourth-order valence-corrected chi connectivity index (χ4v) is 3.67. The van der Waals surface area contributed by atoms with Crippen molar-refractivity contribution in [3.05, 3.63) is 18.5 Å². The van der Waals surface area contributed by atoms with Gasteiger partial charge in [-0.25, -0.2) is 9.97 Å². The van der Waals surface area contributed by atoms with Crippen LogP contribution in [0.25, 0.3) is 0 Å². The molecule has 0 bridgehead atoms. The minimum atomic E-state index is -0.284. The smallest absolute Gasteiger partial charge is 0.316 e. The zero-order valence-corrected chi connectivity index (χ0v) is 13.0. The van der Waals surface area contributed by atoms with Crippen LogP contribution in [-0.2, 0) is 14.3 Å². The molecule has 1 aromatic heterocycles. The Morgan fingerprint density at radius 1 is 1.39 bits per heavy atom. The molecule has 3 atom stereocenters. The van der Waals surface area contributed by atoms with E-state index in [-0.39, 0.29) is 23.7 Å². The number of likely N-dealkylation sites (tertiary alicyclic amines) is 1. The Kier molecular flexibility index (Phi) is 3.90. The molecule has 7 nitrogen and oxygen atoms in total. The SMILES string of the molecule is O=C([C@H]1CCCO1)N1CC[C@]2(C[C@@H](Oc3ncccn3)CO2)C1. The van der Waals surface area contributed by atoms with Crippen molar-refractivity contribution < 1.29 is 19.0 Å². The number of nitrogens with zero attached hydrogens (tertiary/aromatic N) is 3. The number of rotatable bonds is 3. The zero-order valence-electron chi connectivity index (χ0n) is 13.0. The summed E-state index contributed by atoms with van der Waals surface area (Å²) in [6.45, 7) is 2.56. The largest absolute Gasteiger partial charge is 0.458 e. The van der Waals surface area contributed by atoms with Crippen LogP contribution in [0.4, 0.5) is 0 Å². The first-order valence-corrected chi connectivity index (χ1v) is 8.22. The second-order valence-corrected chi connectivity index (χ2v) is 6.48. The van der Waals surface area contributed by atoms with Gasteiger partial charge in [0.25, 0.3) is 5.91 Å². The average molecular weight is 319 g/mol. The minimum absolute atomic E-state index is 0.0600. The molecule has 124 valence electrons. The lowest BCUT2D eigenvalue weighted by atomic mass is 9.98. The van der Waals surface area contributed by atoms with Crippen LogP contribution in [0.3, 0.4) is 0 Å². The lowest BCUT2D eigenvalue weighted by molar-refractivity contribution is -0.140. The van der Waals surface area contributed by atoms with E-state index in [4.69, 9.17) is 14.2 Å². The van der Waals surface area contributed by atoms with E-state index in [1.807, 2.05) is 4.90 Å². The van der Waals surface area contributed by atoms with E-state index in [1.54, 1.807) is 18.5 Å². The van der Waals surface area contributed by atoms with Crippen LogP contribution >= 0.6 is 0 Å². The molecule has 1 amide bonds. The molecule has 0 aliphatic carbocycles. The van der Waals surface area contributed by atoms with Crippen molar-refractivity contribution in [1.29, 1.82) is 0 Å². The Morgan fingerprint density at radius 3 is 3.04 bits per heavy atom. The maximum absolute atomic E-state index is 12.5. The molecule has 0 saturated carbocycles. The maximum Gasteiger partial charge on any atom is 0.316 e. The summed E-state index contributed by atoms with van der Waals surface area (Å²) in [5.41, 5.74) is -0.284. The first-order valence-electron chi connectivity index (χ1n) is 8.22. The van der Waals surface area contributed by atoms with Gasteiger partial charge in [0.05, 0.1) is 12.2 Å². The molecule has 0 radical (unpaired) electrons. The van der Waals surface area contributed by atoms with Crippen molar-refractivity contribution in [3.8, 4) is 6.01 Å². The van der Waals surface area contributed by atoms with E-state index in [0.29, 0.717) is 25.8 Å². The number of hydrogen-bond acceptors (Lipinski definition) is 6. The van der Waals surface area contributed by atoms with Crippen LogP contribution in [0.15, 0.2) is 18.5 Å². The summed E-state index contributed by atoms with van der Waals surface area (Å²) in [5.74, 6) is 0.110. The van der Waals surface area contributed by atoms with Gasteiger partial charge in [0.15, 0.2) is 0 Å². The molecule has 1 spiro atoms. The third kappa shape index (κ3) is 3.03. The molecule has 23 heavy (non-hydrogen) atoms. The summed E-state index contributed by atoms with van der Waals surface area (Å²) < 4.78 is 17.3. The van der Waals surface area contributed by atoms with Crippen LogP contribution < -0.4 is 4.74 Å². The topological polar surface area (TPSA) is 73.8 Å². The molecule has 1 aromatic rings. The number of amides is 1. The predicted molar refractivity (Wildman–Crippen MR) is 79.9 cm³/mol. The molecular weight excluding hydrogens is 298 g/mol. The molecular formula is C16H21N3O4. The van der Waals surface area contributed by atoms with E-state index < -0.39 is 0 Å². The quantitative estimate of drug-likeness (QED) is 0.820. The third-order valence-electron chi connectivity index (χ3n) is 4.82. The summed E-state index contributed by atoms with van der Waals surface area (Å²) in [4.78, 5) is 22.5. The van der Waals surface area contributed by atoms with Crippen LogP contribution in [0.5, 0.6) is 6.01 Å². The van der Waals surface area contributed by atoms with Gasteiger partial charge in [-0.1, -0.05) is 0 Å². The van der Waals surface area contributed by atoms with Gasteiger partial charge in [-0.3, -0.25) is 4.79 Å². The molecule has 0 aromatic carbocycles. The molecule has 4 rings (SSSR count). The van der Waals surface area contributed by atoms with Gasteiger partial charge in [-0.2, -0.15) is 0 Å². The average Bonchev–Trinajstić information content (AvgIpc) is 3.31. The van der Waals surface area contributed by atoms with Crippen molar-refractivity contribution >= 4 is 5.91 Å². The highest BCUT2D eigenvalue weighted by molar-refractivity contribution is 5.81. The van der Waals surface area contributed by atoms with Crippen molar-refractivity contribution in [2.24, 2.45) is 0 Å². The second kappa shape index (κ2) is 6.05. The van der Waals surface area contributed by atoms with Gasteiger partial charge in [-0.15, -0.1) is 0 Å². The number of ether oxygens (including phenoxy) is 3. The first kappa shape index (κ1) is 14.8. The molecule has 0 N–H and O–H groups in total. The summed E-state index contributed by atoms with van der Waals surface area (Å²) in [7, 11) is 0. The Bertz CT molecular complexity index is 564. The number of hydrogen-bond donors (Lipinski definition) is 0. The molecule has 3 aliphatic heterocycles. The lowest BCUT2D eigenvalue weighted by Crippen LogP contribution is -2.40. The fourth-order valence-electron chi connectivity index (χ4n) is 3.67. The highest BCUT2D eigenvalue weighted by Gasteiger charge is 2.48. The monoisotopic (exact) mass is 319 g/mol. The fraction of sp³-hybridized carbons (Fsp3) is 0.688. The maximum atomic E-state index is 12.5. The normalized spacial score (nSPS) is 33.5. The molecule has 0 unspecified atom stereocenters. The van der Waals surface area contributed by atoms with E-state index in [2.05, 4.69) is 9.97 Å². The van der Waals surface area contributed by atoms with Crippen molar-refractivity contribution in [3.63, 3.8) is 0 Å². The first-order chi connectivity index (χ1) is 11.2. The molecule has 3 aliphatic rings. The van der Waals surface area contributed by atoms with Crippen LogP contribution in [0, 0.1) is 0 Å². The number of carbonyl (C=O) groups is 1. The Balaban J connectivity index is 1.34. The van der Waals surface area contributed by atoms with Gasteiger partial charge in [0.1, 0.15) is 12.2 Å². The van der Waals surface area contributed by atoms with E-state index >= 15 is 0 Å².